The van der Waals surface area contributed by atoms with E-state index < -0.39 is 0 Å². The molecule has 0 bridgehead atoms. The Morgan fingerprint density at radius 2 is 2.00 bits per heavy atom. The average molecular weight is 258 g/mol. The molecule has 3 heteroatoms. The number of benzene rings is 1. The van der Waals surface area contributed by atoms with Crippen LogP contribution in [0.5, 0.6) is 0 Å². The second kappa shape index (κ2) is 5.65. The predicted molar refractivity (Wildman–Crippen MR) is 74.4 cm³/mol. The van der Waals surface area contributed by atoms with E-state index in [1.165, 1.54) is 10.4 Å². The first-order chi connectivity index (χ1) is 8.66. The van der Waals surface area contributed by atoms with Gasteiger partial charge in [0.15, 0.2) is 0 Å². The van der Waals surface area contributed by atoms with Crippen LogP contribution in [0.2, 0.25) is 0 Å². The van der Waals surface area contributed by atoms with E-state index in [1.54, 1.807) is 18.3 Å². The van der Waals surface area contributed by atoms with Gasteiger partial charge in [0, 0.05) is 10.5 Å². The van der Waals surface area contributed by atoms with Gasteiger partial charge < -0.3 is 4.74 Å². The third kappa shape index (κ3) is 3.08. The summed E-state index contributed by atoms with van der Waals surface area (Å²) in [6, 6.07) is 12.1. The van der Waals surface area contributed by atoms with Gasteiger partial charge in [-0.1, -0.05) is 36.9 Å². The molecular weight excluding hydrogens is 244 g/mol. The number of hydrogen-bond donors (Lipinski definition) is 0. The maximum absolute atomic E-state index is 11.2. The average Bonchev–Trinajstić information content (AvgIpc) is 2.90. The van der Waals surface area contributed by atoms with Gasteiger partial charge in [-0.05, 0) is 29.5 Å². The monoisotopic (exact) mass is 258 g/mol. The van der Waals surface area contributed by atoms with E-state index in [0.29, 0.717) is 5.57 Å². The third-order valence-corrected chi connectivity index (χ3v) is 3.40. The van der Waals surface area contributed by atoms with Crippen LogP contribution in [0, 0.1) is 0 Å². The largest absolute Gasteiger partial charge is 0.457 e. The van der Waals surface area contributed by atoms with Crippen LogP contribution in [0.3, 0.4) is 0 Å². The second-order valence-electron chi connectivity index (χ2n) is 4.03. The molecule has 0 saturated heterocycles. The molecule has 2 aromatic rings. The molecule has 1 aromatic heterocycles. The van der Waals surface area contributed by atoms with Gasteiger partial charge in [-0.3, -0.25) is 0 Å². The number of carbonyl (C=O) groups excluding carboxylic acids is 1. The number of esters is 1. The summed E-state index contributed by atoms with van der Waals surface area (Å²) in [5.74, 6) is -0.350. The molecule has 0 spiro atoms. The molecule has 2 rings (SSSR count). The van der Waals surface area contributed by atoms with Gasteiger partial charge in [0.2, 0.25) is 0 Å². The molecule has 2 nitrogen and oxygen atoms in total. The van der Waals surface area contributed by atoms with Crippen LogP contribution in [0.15, 0.2) is 53.9 Å². The molecule has 92 valence electrons. The molecule has 0 unspecified atom stereocenters. The fourth-order valence-electron chi connectivity index (χ4n) is 1.48. The molecular formula is C15H14O2S. The summed E-state index contributed by atoms with van der Waals surface area (Å²) < 4.78 is 5.08. The summed E-state index contributed by atoms with van der Waals surface area (Å²) in [6.45, 7) is 5.47. The number of hydrogen-bond acceptors (Lipinski definition) is 3. The minimum absolute atomic E-state index is 0.288. The standard InChI is InChI=1S/C15H14O2S/c1-11(2)15(16)17-10-12-5-7-13(8-6-12)14-4-3-9-18-14/h3-9H,1,10H2,2H3. The Morgan fingerprint density at radius 3 is 2.56 bits per heavy atom. The Morgan fingerprint density at radius 1 is 1.28 bits per heavy atom. The minimum Gasteiger partial charge on any atom is -0.457 e. The van der Waals surface area contributed by atoms with Crippen molar-refractivity contribution in [2.75, 3.05) is 0 Å². The van der Waals surface area contributed by atoms with Gasteiger partial charge in [-0.2, -0.15) is 0 Å². The van der Waals surface area contributed by atoms with E-state index in [0.717, 1.165) is 5.56 Å². The molecule has 0 fully saturated rings. The lowest BCUT2D eigenvalue weighted by atomic mass is 10.1. The summed E-state index contributed by atoms with van der Waals surface area (Å²) in [5, 5.41) is 2.05. The SMILES string of the molecule is C=C(C)C(=O)OCc1ccc(-c2cccs2)cc1. The quantitative estimate of drug-likeness (QED) is 0.611. The van der Waals surface area contributed by atoms with Crippen molar-refractivity contribution in [3.63, 3.8) is 0 Å². The predicted octanol–water partition coefficient (Wildman–Crippen LogP) is 4.03. The first-order valence-corrected chi connectivity index (χ1v) is 6.50. The molecule has 0 aliphatic carbocycles. The smallest absolute Gasteiger partial charge is 0.333 e. The van der Waals surface area contributed by atoms with Gasteiger partial charge in [0.05, 0.1) is 0 Å². The highest BCUT2D eigenvalue weighted by atomic mass is 32.1. The van der Waals surface area contributed by atoms with Gasteiger partial charge in [-0.25, -0.2) is 4.79 Å². The normalized spacial score (nSPS) is 10.1. The van der Waals surface area contributed by atoms with E-state index in [1.807, 2.05) is 30.3 Å². The zero-order valence-corrected chi connectivity index (χ0v) is 11.0. The number of rotatable bonds is 4. The highest BCUT2D eigenvalue weighted by Crippen LogP contribution is 2.24. The topological polar surface area (TPSA) is 26.3 Å². The number of carbonyl (C=O) groups is 1. The van der Waals surface area contributed by atoms with E-state index in [4.69, 9.17) is 4.74 Å². The van der Waals surface area contributed by atoms with Crippen LogP contribution in [-0.4, -0.2) is 5.97 Å². The summed E-state index contributed by atoms with van der Waals surface area (Å²) in [4.78, 5) is 12.5. The first-order valence-electron chi connectivity index (χ1n) is 5.62. The van der Waals surface area contributed by atoms with Crippen molar-refractivity contribution in [3.8, 4) is 10.4 Å². The summed E-state index contributed by atoms with van der Waals surface area (Å²) in [7, 11) is 0. The van der Waals surface area contributed by atoms with E-state index in [-0.39, 0.29) is 12.6 Å². The second-order valence-corrected chi connectivity index (χ2v) is 4.98. The highest BCUT2D eigenvalue weighted by molar-refractivity contribution is 7.13. The third-order valence-electron chi connectivity index (χ3n) is 2.48. The van der Waals surface area contributed by atoms with Gasteiger partial charge >= 0.3 is 5.97 Å². The zero-order valence-electron chi connectivity index (χ0n) is 10.2. The maximum atomic E-state index is 11.2. The lowest BCUT2D eigenvalue weighted by Crippen LogP contribution is -2.04. The molecule has 0 aliphatic rings. The molecule has 0 aliphatic heterocycles. The molecule has 1 heterocycles. The van der Waals surface area contributed by atoms with E-state index >= 15 is 0 Å². The van der Waals surface area contributed by atoms with Crippen molar-refractivity contribution < 1.29 is 9.53 Å². The summed E-state index contributed by atoms with van der Waals surface area (Å²) >= 11 is 1.71. The highest BCUT2D eigenvalue weighted by Gasteiger charge is 2.04. The van der Waals surface area contributed by atoms with E-state index in [9.17, 15) is 4.79 Å². The van der Waals surface area contributed by atoms with E-state index in [2.05, 4.69) is 18.0 Å². The Labute approximate surface area is 111 Å². The Bertz CT molecular complexity index is 538. The fraction of sp³-hybridized carbons (Fsp3) is 0.133. The molecule has 18 heavy (non-hydrogen) atoms. The van der Waals surface area contributed by atoms with Crippen LogP contribution in [0.25, 0.3) is 10.4 Å². The maximum Gasteiger partial charge on any atom is 0.333 e. The van der Waals surface area contributed by atoms with Crippen molar-refractivity contribution in [1.29, 1.82) is 0 Å². The number of thiophene rings is 1. The lowest BCUT2D eigenvalue weighted by Gasteiger charge is -2.05. The van der Waals surface area contributed by atoms with Gasteiger partial charge in [0.25, 0.3) is 0 Å². The molecule has 0 saturated carbocycles. The van der Waals surface area contributed by atoms with Crippen molar-refractivity contribution in [1.82, 2.24) is 0 Å². The fourth-order valence-corrected chi connectivity index (χ4v) is 2.21. The molecule has 1 aromatic carbocycles. The van der Waals surface area contributed by atoms with Crippen LogP contribution < -0.4 is 0 Å². The molecule has 0 atom stereocenters. The molecule has 0 amide bonds. The van der Waals surface area contributed by atoms with Gasteiger partial charge in [-0.15, -0.1) is 11.3 Å². The summed E-state index contributed by atoms with van der Waals surface area (Å²) in [6.07, 6.45) is 0. The van der Waals surface area contributed by atoms with Gasteiger partial charge in [0.1, 0.15) is 6.61 Å². The Kier molecular flexibility index (Phi) is 3.95. The van der Waals surface area contributed by atoms with Crippen molar-refractivity contribution in [3.05, 3.63) is 59.5 Å². The first kappa shape index (κ1) is 12.6. The van der Waals surface area contributed by atoms with Crippen molar-refractivity contribution in [2.45, 2.75) is 13.5 Å². The van der Waals surface area contributed by atoms with Crippen LogP contribution in [0.1, 0.15) is 12.5 Å². The van der Waals surface area contributed by atoms with Crippen LogP contribution in [0.4, 0.5) is 0 Å². The van der Waals surface area contributed by atoms with Crippen LogP contribution in [-0.2, 0) is 16.1 Å². The summed E-state index contributed by atoms with van der Waals surface area (Å²) in [5.41, 5.74) is 2.58. The molecule has 0 radical (unpaired) electrons. The number of ether oxygens (including phenoxy) is 1. The molecule has 0 N–H and O–H groups in total. The Hall–Kier alpha value is -1.87. The zero-order chi connectivity index (χ0) is 13.0. The van der Waals surface area contributed by atoms with Crippen LogP contribution >= 0.6 is 11.3 Å². The van der Waals surface area contributed by atoms with Crippen molar-refractivity contribution >= 4 is 17.3 Å². The minimum atomic E-state index is -0.350. The Balaban J connectivity index is 2.00. The van der Waals surface area contributed by atoms with Crippen molar-refractivity contribution in [2.24, 2.45) is 0 Å². The lowest BCUT2D eigenvalue weighted by molar-refractivity contribution is -0.140.